The highest BCUT2D eigenvalue weighted by Crippen LogP contribution is 2.25. The van der Waals surface area contributed by atoms with Crippen LogP contribution in [0.3, 0.4) is 0 Å². The second-order valence-electron chi connectivity index (χ2n) is 3.95. The Morgan fingerprint density at radius 3 is 2.80 bits per heavy atom. The van der Waals surface area contributed by atoms with Crippen LogP contribution in [-0.2, 0) is 0 Å². The maximum absolute atomic E-state index is 12.3. The Kier molecular flexibility index (Phi) is 4.42. The molecule has 0 atom stereocenters. The van der Waals surface area contributed by atoms with Crippen LogP contribution in [0.15, 0.2) is 36.4 Å². The van der Waals surface area contributed by atoms with E-state index in [1.165, 1.54) is 0 Å². The number of anilines is 2. The van der Waals surface area contributed by atoms with Gasteiger partial charge in [0.05, 0.1) is 6.61 Å². The summed E-state index contributed by atoms with van der Waals surface area (Å²) in [6.45, 7) is 2.28. The molecule has 0 aliphatic rings. The number of nitrogens with two attached hydrogens (primary N) is 1. The molecule has 0 saturated carbocycles. The highest BCUT2D eigenvalue weighted by atomic mass is 35.5. The van der Waals surface area contributed by atoms with Gasteiger partial charge in [0.2, 0.25) is 0 Å². The molecule has 0 fully saturated rings. The average Bonchev–Trinajstić information content (AvgIpc) is 2.39. The number of hydrogen-bond acceptors (Lipinski definition) is 4. The number of ether oxygens (including phenoxy) is 1. The van der Waals surface area contributed by atoms with Crippen LogP contribution in [0, 0.1) is 0 Å². The third kappa shape index (κ3) is 3.19. The van der Waals surface area contributed by atoms with Crippen molar-refractivity contribution in [3.8, 4) is 5.75 Å². The van der Waals surface area contributed by atoms with Gasteiger partial charge in [-0.1, -0.05) is 23.7 Å². The highest BCUT2D eigenvalue weighted by Gasteiger charge is 2.16. The summed E-state index contributed by atoms with van der Waals surface area (Å²) >= 11 is 5.77. The first-order valence-corrected chi connectivity index (χ1v) is 6.44. The van der Waals surface area contributed by atoms with Crippen molar-refractivity contribution in [1.82, 2.24) is 4.98 Å². The average molecular weight is 292 g/mol. The van der Waals surface area contributed by atoms with Crippen LogP contribution in [0.4, 0.5) is 11.5 Å². The number of nitrogen functional groups attached to an aromatic ring is 1. The zero-order chi connectivity index (χ0) is 14.5. The summed E-state index contributed by atoms with van der Waals surface area (Å²) in [6.07, 6.45) is 0. The number of rotatable bonds is 4. The summed E-state index contributed by atoms with van der Waals surface area (Å²) in [7, 11) is 0. The Bertz CT molecular complexity index is 632. The molecule has 0 aliphatic heterocycles. The summed E-state index contributed by atoms with van der Waals surface area (Å²) in [5.41, 5.74) is 6.48. The van der Waals surface area contributed by atoms with Gasteiger partial charge >= 0.3 is 0 Å². The lowest BCUT2D eigenvalue weighted by Gasteiger charge is -2.12. The van der Waals surface area contributed by atoms with Crippen molar-refractivity contribution >= 4 is 29.0 Å². The molecule has 6 heteroatoms. The van der Waals surface area contributed by atoms with Gasteiger partial charge in [0.25, 0.3) is 5.91 Å². The van der Waals surface area contributed by atoms with Crippen LogP contribution in [0.25, 0.3) is 0 Å². The van der Waals surface area contributed by atoms with E-state index in [2.05, 4.69) is 10.3 Å². The van der Waals surface area contributed by atoms with Crippen molar-refractivity contribution in [2.24, 2.45) is 0 Å². The van der Waals surface area contributed by atoms with Crippen molar-refractivity contribution in [3.05, 3.63) is 47.1 Å². The van der Waals surface area contributed by atoms with Gasteiger partial charge in [-0.05, 0) is 31.2 Å². The van der Waals surface area contributed by atoms with Gasteiger partial charge in [0.15, 0.2) is 0 Å². The van der Waals surface area contributed by atoms with Crippen molar-refractivity contribution in [1.29, 1.82) is 0 Å². The minimum Gasteiger partial charge on any atom is -0.493 e. The summed E-state index contributed by atoms with van der Waals surface area (Å²) in [5.74, 6) is 0.404. The first-order chi connectivity index (χ1) is 9.61. The van der Waals surface area contributed by atoms with Crippen LogP contribution in [0.2, 0.25) is 5.15 Å². The van der Waals surface area contributed by atoms with Crippen LogP contribution in [0.5, 0.6) is 5.75 Å². The van der Waals surface area contributed by atoms with E-state index in [0.29, 0.717) is 29.0 Å². The third-order valence-electron chi connectivity index (χ3n) is 2.54. The number of halogens is 1. The number of hydrogen-bond donors (Lipinski definition) is 2. The fourth-order valence-corrected chi connectivity index (χ4v) is 1.89. The summed E-state index contributed by atoms with van der Waals surface area (Å²) in [6, 6.07) is 10.0. The molecule has 2 aromatic rings. The number of carbonyl (C=O) groups excluding carboxylic acids is 1. The molecule has 0 radical (unpaired) electrons. The zero-order valence-corrected chi connectivity index (χ0v) is 11.6. The van der Waals surface area contributed by atoms with E-state index in [0.717, 1.165) is 0 Å². The molecular weight excluding hydrogens is 278 g/mol. The molecular formula is C14H14ClN3O2. The summed E-state index contributed by atoms with van der Waals surface area (Å²) < 4.78 is 5.41. The molecule has 0 bridgehead atoms. The number of nitrogens with one attached hydrogen (secondary N) is 1. The second-order valence-corrected chi connectivity index (χ2v) is 4.34. The van der Waals surface area contributed by atoms with Crippen LogP contribution in [-0.4, -0.2) is 17.5 Å². The Balaban J connectivity index is 2.29. The van der Waals surface area contributed by atoms with E-state index in [4.69, 9.17) is 22.1 Å². The maximum atomic E-state index is 12.3. The van der Waals surface area contributed by atoms with Gasteiger partial charge in [-0.25, -0.2) is 4.98 Å². The molecule has 1 aromatic heterocycles. The normalized spacial score (nSPS) is 10.1. The number of carbonyl (C=O) groups is 1. The lowest BCUT2D eigenvalue weighted by molar-refractivity contribution is 0.102. The molecule has 1 aromatic carbocycles. The molecule has 0 unspecified atom stereocenters. The number of pyridine rings is 1. The number of benzene rings is 1. The highest BCUT2D eigenvalue weighted by molar-refractivity contribution is 6.29. The Morgan fingerprint density at radius 2 is 2.10 bits per heavy atom. The van der Waals surface area contributed by atoms with Crippen molar-refractivity contribution < 1.29 is 9.53 Å². The van der Waals surface area contributed by atoms with E-state index < -0.39 is 0 Å². The second kappa shape index (κ2) is 6.25. The fourth-order valence-electron chi connectivity index (χ4n) is 1.72. The minimum atomic E-state index is -0.388. The van der Waals surface area contributed by atoms with Gasteiger partial charge in [-0.2, -0.15) is 0 Å². The third-order valence-corrected chi connectivity index (χ3v) is 2.75. The van der Waals surface area contributed by atoms with Crippen LogP contribution in [0.1, 0.15) is 17.3 Å². The monoisotopic (exact) mass is 291 g/mol. The molecule has 0 spiro atoms. The smallest absolute Gasteiger partial charge is 0.262 e. The molecule has 1 heterocycles. The van der Waals surface area contributed by atoms with Crippen molar-refractivity contribution in [2.75, 3.05) is 17.7 Å². The molecule has 5 nitrogen and oxygen atoms in total. The summed E-state index contributed by atoms with van der Waals surface area (Å²) in [4.78, 5) is 16.3. The molecule has 2 rings (SSSR count). The Morgan fingerprint density at radius 1 is 1.35 bits per heavy atom. The van der Waals surface area contributed by atoms with Crippen LogP contribution < -0.4 is 15.8 Å². The number of aromatic nitrogens is 1. The predicted octanol–water partition coefficient (Wildman–Crippen LogP) is 2.97. The molecule has 0 aliphatic carbocycles. The van der Waals surface area contributed by atoms with E-state index in [1.54, 1.807) is 36.4 Å². The van der Waals surface area contributed by atoms with Gasteiger partial charge < -0.3 is 15.8 Å². The van der Waals surface area contributed by atoms with Gasteiger partial charge in [-0.3, -0.25) is 4.79 Å². The van der Waals surface area contributed by atoms with Crippen LogP contribution >= 0.6 is 11.6 Å². The summed E-state index contributed by atoms with van der Waals surface area (Å²) in [5, 5.41) is 2.94. The molecule has 20 heavy (non-hydrogen) atoms. The van der Waals surface area contributed by atoms with Crippen molar-refractivity contribution in [3.63, 3.8) is 0 Å². The van der Waals surface area contributed by atoms with E-state index in [-0.39, 0.29) is 11.5 Å². The van der Waals surface area contributed by atoms with Gasteiger partial charge in [0, 0.05) is 5.69 Å². The number of nitrogens with zero attached hydrogens (tertiary/aromatic N) is 1. The van der Waals surface area contributed by atoms with Crippen molar-refractivity contribution in [2.45, 2.75) is 6.92 Å². The Hall–Kier alpha value is -2.27. The number of amides is 1. The van der Waals surface area contributed by atoms with Gasteiger partial charge in [-0.15, -0.1) is 0 Å². The molecule has 3 N–H and O–H groups in total. The van der Waals surface area contributed by atoms with E-state index in [9.17, 15) is 4.79 Å². The zero-order valence-electron chi connectivity index (χ0n) is 10.9. The maximum Gasteiger partial charge on any atom is 0.262 e. The van der Waals surface area contributed by atoms with E-state index in [1.807, 2.05) is 6.92 Å². The van der Waals surface area contributed by atoms with E-state index >= 15 is 0 Å². The minimum absolute atomic E-state index is 0.288. The predicted molar refractivity (Wildman–Crippen MR) is 79.2 cm³/mol. The standard InChI is InChI=1S/C14H14ClN3O2/c1-2-20-10-6-3-5-9(16)13(10)14(19)18-12-8-4-7-11(15)17-12/h3-8H,2,16H2,1H3,(H,17,18,19). The largest absolute Gasteiger partial charge is 0.493 e. The topological polar surface area (TPSA) is 77.2 Å². The first kappa shape index (κ1) is 14.1. The molecule has 0 saturated heterocycles. The lowest BCUT2D eigenvalue weighted by atomic mass is 10.1. The first-order valence-electron chi connectivity index (χ1n) is 6.07. The fraction of sp³-hybridized carbons (Fsp3) is 0.143. The molecule has 104 valence electrons. The molecule has 1 amide bonds. The van der Waals surface area contributed by atoms with Gasteiger partial charge in [0.1, 0.15) is 22.3 Å². The quantitative estimate of drug-likeness (QED) is 0.670. The Labute approximate surface area is 121 Å². The lowest BCUT2D eigenvalue weighted by Crippen LogP contribution is -2.16. The SMILES string of the molecule is CCOc1cccc(N)c1C(=O)Nc1cccc(Cl)n1.